The van der Waals surface area contributed by atoms with Crippen molar-refractivity contribution in [3.05, 3.63) is 24.0 Å². The second-order valence-electron chi connectivity index (χ2n) is 2.94. The van der Waals surface area contributed by atoms with Gasteiger partial charge in [-0.2, -0.15) is 0 Å². The van der Waals surface area contributed by atoms with Crippen LogP contribution in [0.5, 0.6) is 0 Å². The lowest BCUT2D eigenvalue weighted by Gasteiger charge is -1.92. The van der Waals surface area contributed by atoms with Crippen molar-refractivity contribution in [1.29, 1.82) is 0 Å². The molecule has 2 rings (SSSR count). The predicted octanol–water partition coefficient (Wildman–Crippen LogP) is 1.33. The van der Waals surface area contributed by atoms with Crippen LogP contribution in [0.1, 0.15) is 10.5 Å². The summed E-state index contributed by atoms with van der Waals surface area (Å²) in [7, 11) is 3.86. The fraction of sp³-hybridized carbons (Fsp3) is 0.222. The molecular formula is C9H10N2O. The lowest BCUT2D eigenvalue weighted by molar-refractivity contribution is 0.111. The number of carbonyl (C=O) groups excluding carboxylic acids is 1. The smallest absolute Gasteiger partial charge is 0.166 e. The van der Waals surface area contributed by atoms with Crippen LogP contribution in [0.15, 0.2) is 18.3 Å². The lowest BCUT2D eigenvalue weighted by Crippen LogP contribution is -1.92. The van der Waals surface area contributed by atoms with Gasteiger partial charge in [-0.3, -0.25) is 4.79 Å². The molecule has 0 radical (unpaired) electrons. The van der Waals surface area contributed by atoms with Crippen molar-refractivity contribution in [2.24, 2.45) is 14.1 Å². The average Bonchev–Trinajstić information content (AvgIpc) is 2.55. The number of carbonyl (C=O) groups is 1. The predicted molar refractivity (Wildman–Crippen MR) is 47.3 cm³/mol. The Bertz CT molecular complexity index is 436. The fourth-order valence-corrected chi connectivity index (χ4v) is 1.48. The summed E-state index contributed by atoms with van der Waals surface area (Å²) in [6.45, 7) is 0. The van der Waals surface area contributed by atoms with Crippen molar-refractivity contribution in [2.45, 2.75) is 0 Å². The number of rotatable bonds is 1. The van der Waals surface area contributed by atoms with Gasteiger partial charge in [0.2, 0.25) is 0 Å². The van der Waals surface area contributed by atoms with Crippen LogP contribution in [0.3, 0.4) is 0 Å². The highest BCUT2D eigenvalue weighted by Crippen LogP contribution is 2.17. The van der Waals surface area contributed by atoms with Crippen molar-refractivity contribution in [3.63, 3.8) is 0 Å². The van der Waals surface area contributed by atoms with Crippen LogP contribution in [0.4, 0.5) is 0 Å². The van der Waals surface area contributed by atoms with Gasteiger partial charge in [-0.1, -0.05) is 0 Å². The van der Waals surface area contributed by atoms with Gasteiger partial charge < -0.3 is 9.13 Å². The van der Waals surface area contributed by atoms with Gasteiger partial charge in [0.15, 0.2) is 6.29 Å². The van der Waals surface area contributed by atoms with E-state index in [1.165, 1.54) is 0 Å². The van der Waals surface area contributed by atoms with Crippen molar-refractivity contribution < 1.29 is 4.79 Å². The SMILES string of the molecule is Cn1ccc2c1cc(C=O)n2C. The highest BCUT2D eigenvalue weighted by atomic mass is 16.1. The van der Waals surface area contributed by atoms with E-state index in [2.05, 4.69) is 0 Å². The third kappa shape index (κ3) is 0.733. The zero-order valence-corrected chi connectivity index (χ0v) is 7.11. The van der Waals surface area contributed by atoms with Crippen LogP contribution >= 0.6 is 0 Å². The van der Waals surface area contributed by atoms with Gasteiger partial charge in [0.25, 0.3) is 0 Å². The minimum Gasteiger partial charge on any atom is -0.349 e. The molecule has 0 bridgehead atoms. The molecule has 2 aromatic rings. The number of aryl methyl sites for hydroxylation is 2. The molecule has 62 valence electrons. The van der Waals surface area contributed by atoms with Gasteiger partial charge >= 0.3 is 0 Å². The largest absolute Gasteiger partial charge is 0.349 e. The summed E-state index contributed by atoms with van der Waals surface area (Å²) >= 11 is 0. The molecule has 0 atom stereocenters. The van der Waals surface area contributed by atoms with E-state index in [1.807, 2.05) is 41.6 Å². The van der Waals surface area contributed by atoms with Crippen molar-refractivity contribution in [1.82, 2.24) is 9.13 Å². The second-order valence-corrected chi connectivity index (χ2v) is 2.94. The molecule has 0 aliphatic heterocycles. The summed E-state index contributed by atoms with van der Waals surface area (Å²) in [4.78, 5) is 10.6. The number of aldehydes is 1. The first kappa shape index (κ1) is 7.16. The normalized spacial score (nSPS) is 10.8. The molecule has 0 aliphatic rings. The maximum Gasteiger partial charge on any atom is 0.166 e. The van der Waals surface area contributed by atoms with E-state index in [4.69, 9.17) is 0 Å². The number of fused-ring (bicyclic) bond motifs is 1. The lowest BCUT2D eigenvalue weighted by atomic mass is 10.4. The number of nitrogens with zero attached hydrogens (tertiary/aromatic N) is 2. The van der Waals surface area contributed by atoms with Gasteiger partial charge in [0.1, 0.15) is 0 Å². The number of hydrogen-bond acceptors (Lipinski definition) is 1. The van der Waals surface area contributed by atoms with Crippen molar-refractivity contribution in [3.8, 4) is 0 Å². The molecule has 0 unspecified atom stereocenters. The van der Waals surface area contributed by atoms with Crippen molar-refractivity contribution >= 4 is 17.3 Å². The van der Waals surface area contributed by atoms with E-state index in [9.17, 15) is 4.79 Å². The van der Waals surface area contributed by atoms with Gasteiger partial charge in [-0.05, 0) is 12.1 Å². The highest BCUT2D eigenvalue weighted by Gasteiger charge is 2.06. The highest BCUT2D eigenvalue weighted by molar-refractivity contribution is 5.87. The summed E-state index contributed by atoms with van der Waals surface area (Å²) in [6, 6.07) is 3.89. The average molecular weight is 162 g/mol. The van der Waals surface area contributed by atoms with E-state index < -0.39 is 0 Å². The second kappa shape index (κ2) is 2.24. The standard InChI is InChI=1S/C9H10N2O/c1-10-4-3-8-9(10)5-7(6-12)11(8)2/h3-6H,1-2H3. The Kier molecular flexibility index (Phi) is 1.33. The molecule has 0 saturated carbocycles. The van der Waals surface area contributed by atoms with Crippen molar-refractivity contribution in [2.75, 3.05) is 0 Å². The molecule has 0 fully saturated rings. The topological polar surface area (TPSA) is 26.9 Å². The summed E-state index contributed by atoms with van der Waals surface area (Å²) in [5.74, 6) is 0. The van der Waals surface area contributed by atoms with E-state index in [1.54, 1.807) is 0 Å². The molecule has 12 heavy (non-hydrogen) atoms. The first-order valence-corrected chi connectivity index (χ1v) is 3.80. The maximum absolute atomic E-state index is 10.6. The van der Waals surface area contributed by atoms with Gasteiger partial charge in [-0.25, -0.2) is 0 Å². The number of hydrogen-bond donors (Lipinski definition) is 0. The van der Waals surface area contributed by atoms with Crippen LogP contribution in [0.25, 0.3) is 11.0 Å². The zero-order chi connectivity index (χ0) is 8.72. The first-order valence-electron chi connectivity index (χ1n) is 3.80. The maximum atomic E-state index is 10.6. The zero-order valence-electron chi connectivity index (χ0n) is 7.11. The minimum absolute atomic E-state index is 0.719. The quantitative estimate of drug-likeness (QED) is 0.581. The summed E-state index contributed by atoms with van der Waals surface area (Å²) < 4.78 is 3.89. The third-order valence-corrected chi connectivity index (χ3v) is 2.25. The van der Waals surface area contributed by atoms with Crippen LogP contribution < -0.4 is 0 Å². The van der Waals surface area contributed by atoms with Crippen LogP contribution in [0, 0.1) is 0 Å². The van der Waals surface area contributed by atoms with E-state index in [0.717, 1.165) is 23.0 Å². The monoisotopic (exact) mass is 162 g/mol. The summed E-state index contributed by atoms with van der Waals surface area (Å²) in [5.41, 5.74) is 2.91. The summed E-state index contributed by atoms with van der Waals surface area (Å²) in [5, 5.41) is 0. The Labute approximate surface area is 70.2 Å². The van der Waals surface area contributed by atoms with Gasteiger partial charge in [0, 0.05) is 20.3 Å². The fourth-order valence-electron chi connectivity index (χ4n) is 1.48. The molecule has 0 spiro atoms. The Hall–Kier alpha value is -1.51. The molecule has 2 heterocycles. The van der Waals surface area contributed by atoms with Crippen LogP contribution in [-0.2, 0) is 14.1 Å². The van der Waals surface area contributed by atoms with Crippen LogP contribution in [0.2, 0.25) is 0 Å². The Balaban J connectivity index is 2.87. The first-order chi connectivity index (χ1) is 5.74. The summed E-state index contributed by atoms with van der Waals surface area (Å²) in [6.07, 6.45) is 2.86. The molecule has 3 heteroatoms. The molecule has 0 saturated heterocycles. The van der Waals surface area contributed by atoms with Gasteiger partial charge in [0.05, 0.1) is 16.7 Å². The van der Waals surface area contributed by atoms with E-state index >= 15 is 0 Å². The molecule has 0 amide bonds. The third-order valence-electron chi connectivity index (χ3n) is 2.25. The number of aromatic nitrogens is 2. The molecule has 0 aromatic carbocycles. The Morgan fingerprint density at radius 1 is 1.33 bits per heavy atom. The van der Waals surface area contributed by atoms with E-state index in [0.29, 0.717) is 0 Å². The molecule has 2 aromatic heterocycles. The molecule has 3 nitrogen and oxygen atoms in total. The van der Waals surface area contributed by atoms with Gasteiger partial charge in [-0.15, -0.1) is 0 Å². The van der Waals surface area contributed by atoms with E-state index in [-0.39, 0.29) is 0 Å². The molecular weight excluding hydrogens is 152 g/mol. The molecule has 0 N–H and O–H groups in total. The molecule has 0 aliphatic carbocycles. The van der Waals surface area contributed by atoms with Crippen LogP contribution in [-0.4, -0.2) is 15.4 Å². The Morgan fingerprint density at radius 2 is 2.08 bits per heavy atom. The minimum atomic E-state index is 0.719. The Morgan fingerprint density at radius 3 is 2.67 bits per heavy atom.